The second-order valence-electron chi connectivity index (χ2n) is 6.60. The second kappa shape index (κ2) is 6.55. The summed E-state index contributed by atoms with van der Waals surface area (Å²) in [4.78, 5) is 13.4. The summed E-state index contributed by atoms with van der Waals surface area (Å²) in [7, 11) is 0. The van der Waals surface area contributed by atoms with Gasteiger partial charge in [0.1, 0.15) is 0 Å². The Kier molecular flexibility index (Phi) is 4.51. The molecule has 1 aliphatic carbocycles. The molecule has 1 fully saturated rings. The van der Waals surface area contributed by atoms with Gasteiger partial charge in [-0.25, -0.2) is 0 Å². The third-order valence-electron chi connectivity index (χ3n) is 5.13. The molecular weight excluding hydrogens is 272 g/mol. The van der Waals surface area contributed by atoms with E-state index >= 15 is 0 Å². The number of piperidine rings is 1. The summed E-state index contributed by atoms with van der Waals surface area (Å²) in [5.41, 5.74) is 11.2. The Hall–Kier alpha value is -1.77. The molecule has 2 aliphatic rings. The number of hydrogen-bond donors (Lipinski definition) is 1. The molecule has 0 unspecified atom stereocenters. The first kappa shape index (κ1) is 15.1. The van der Waals surface area contributed by atoms with Crippen LogP contribution < -0.4 is 5.73 Å². The van der Waals surface area contributed by atoms with Crippen molar-refractivity contribution in [1.29, 1.82) is 0 Å². The minimum Gasteiger partial charge on any atom is -0.398 e. The Morgan fingerprint density at radius 1 is 1.23 bits per heavy atom. The Labute approximate surface area is 133 Å². The highest BCUT2D eigenvalue weighted by Crippen LogP contribution is 2.35. The molecular formula is C19H26N2O. The van der Waals surface area contributed by atoms with Gasteiger partial charge in [0, 0.05) is 31.3 Å². The van der Waals surface area contributed by atoms with E-state index in [4.69, 9.17) is 5.73 Å². The summed E-state index contributed by atoms with van der Waals surface area (Å²) >= 11 is 0. The Balaban J connectivity index is 1.78. The first-order chi connectivity index (χ1) is 10.6. The summed E-state index contributed by atoms with van der Waals surface area (Å²) in [6.07, 6.45) is 9.37. The number of carbonyl (C=O) groups excluding carboxylic acids is 1. The van der Waals surface area contributed by atoms with Gasteiger partial charge in [0.05, 0.1) is 0 Å². The lowest BCUT2D eigenvalue weighted by Crippen LogP contribution is -2.36. The maximum absolute atomic E-state index is 11.4. The summed E-state index contributed by atoms with van der Waals surface area (Å²) < 4.78 is 0. The number of nitrogen functional groups attached to an aromatic ring is 1. The number of amides is 1. The molecule has 1 amide bonds. The van der Waals surface area contributed by atoms with Crippen LogP contribution in [0.4, 0.5) is 5.69 Å². The molecule has 2 N–H and O–H groups in total. The fraction of sp³-hybridized carbons (Fsp3) is 0.526. The van der Waals surface area contributed by atoms with Crippen LogP contribution in [0.25, 0.3) is 5.57 Å². The minimum atomic E-state index is 0.198. The average molecular weight is 298 g/mol. The number of hydrogen-bond acceptors (Lipinski definition) is 2. The maximum atomic E-state index is 11.4. The predicted molar refractivity (Wildman–Crippen MR) is 91.5 cm³/mol. The first-order valence-electron chi connectivity index (χ1n) is 8.49. The molecule has 3 rings (SSSR count). The van der Waals surface area contributed by atoms with Crippen molar-refractivity contribution in [1.82, 2.24) is 4.90 Å². The van der Waals surface area contributed by atoms with Crippen LogP contribution in [0.15, 0.2) is 24.3 Å². The van der Waals surface area contributed by atoms with Gasteiger partial charge in [-0.3, -0.25) is 4.79 Å². The summed E-state index contributed by atoms with van der Waals surface area (Å²) in [6, 6.07) is 6.55. The lowest BCUT2D eigenvalue weighted by Gasteiger charge is -2.32. The third kappa shape index (κ3) is 3.18. The molecule has 3 nitrogen and oxygen atoms in total. The third-order valence-corrected chi connectivity index (χ3v) is 5.13. The van der Waals surface area contributed by atoms with E-state index in [9.17, 15) is 4.79 Å². The topological polar surface area (TPSA) is 46.3 Å². The number of nitrogens with zero attached hydrogens (tertiary/aromatic N) is 1. The van der Waals surface area contributed by atoms with E-state index < -0.39 is 0 Å². The summed E-state index contributed by atoms with van der Waals surface area (Å²) in [5, 5.41) is 0. The lowest BCUT2D eigenvalue weighted by atomic mass is 9.85. The van der Waals surface area contributed by atoms with Crippen molar-refractivity contribution in [2.45, 2.75) is 51.4 Å². The fourth-order valence-corrected chi connectivity index (χ4v) is 3.72. The van der Waals surface area contributed by atoms with Gasteiger partial charge in [-0.05, 0) is 67.7 Å². The van der Waals surface area contributed by atoms with E-state index in [-0.39, 0.29) is 5.91 Å². The standard InChI is InChI=1S/C19H26N2O/c1-14(22)21-11-9-15(10-12-21)17-7-8-19(20)18(13-17)16-5-3-2-4-6-16/h5,7-8,13,15H,2-4,6,9-12,20H2,1H3. The average Bonchev–Trinajstić information content (AvgIpc) is 2.56. The van der Waals surface area contributed by atoms with E-state index in [0.717, 1.165) is 38.0 Å². The molecule has 1 aromatic carbocycles. The zero-order chi connectivity index (χ0) is 15.5. The van der Waals surface area contributed by atoms with Gasteiger partial charge in [0.25, 0.3) is 0 Å². The van der Waals surface area contributed by atoms with Gasteiger partial charge in [-0.15, -0.1) is 0 Å². The number of likely N-dealkylation sites (tertiary alicyclic amines) is 1. The smallest absolute Gasteiger partial charge is 0.219 e. The Morgan fingerprint density at radius 3 is 2.64 bits per heavy atom. The molecule has 0 radical (unpaired) electrons. The highest BCUT2D eigenvalue weighted by atomic mass is 16.2. The van der Waals surface area contributed by atoms with Crippen molar-refractivity contribution in [2.75, 3.05) is 18.8 Å². The quantitative estimate of drug-likeness (QED) is 0.840. The largest absolute Gasteiger partial charge is 0.398 e. The van der Waals surface area contributed by atoms with Crippen LogP contribution >= 0.6 is 0 Å². The molecule has 3 heteroatoms. The molecule has 0 bridgehead atoms. The molecule has 22 heavy (non-hydrogen) atoms. The first-order valence-corrected chi connectivity index (χ1v) is 8.49. The molecule has 118 valence electrons. The van der Waals surface area contributed by atoms with E-state index in [1.165, 1.54) is 36.0 Å². The summed E-state index contributed by atoms with van der Waals surface area (Å²) in [6.45, 7) is 3.42. The van der Waals surface area contributed by atoms with Crippen molar-refractivity contribution < 1.29 is 4.79 Å². The number of carbonyl (C=O) groups is 1. The van der Waals surface area contributed by atoms with Gasteiger partial charge in [0.15, 0.2) is 0 Å². The summed E-state index contributed by atoms with van der Waals surface area (Å²) in [5.74, 6) is 0.753. The molecule has 1 aromatic rings. The van der Waals surface area contributed by atoms with Crippen molar-refractivity contribution in [3.8, 4) is 0 Å². The SMILES string of the molecule is CC(=O)N1CCC(c2ccc(N)c(C3=CCCCC3)c2)CC1. The van der Waals surface area contributed by atoms with Crippen molar-refractivity contribution in [3.05, 3.63) is 35.4 Å². The number of anilines is 1. The maximum Gasteiger partial charge on any atom is 0.219 e. The second-order valence-corrected chi connectivity index (χ2v) is 6.60. The van der Waals surface area contributed by atoms with E-state index in [1.807, 2.05) is 4.90 Å². The van der Waals surface area contributed by atoms with E-state index in [0.29, 0.717) is 5.92 Å². The van der Waals surface area contributed by atoms with E-state index in [2.05, 4.69) is 24.3 Å². The minimum absolute atomic E-state index is 0.198. The normalized spacial score (nSPS) is 19.9. The predicted octanol–water partition coefficient (Wildman–Crippen LogP) is 3.95. The lowest BCUT2D eigenvalue weighted by molar-refractivity contribution is -0.129. The molecule has 1 saturated heterocycles. The van der Waals surface area contributed by atoms with E-state index in [1.54, 1.807) is 6.92 Å². The number of benzene rings is 1. The highest BCUT2D eigenvalue weighted by Gasteiger charge is 2.22. The molecule has 1 heterocycles. The fourth-order valence-electron chi connectivity index (χ4n) is 3.72. The zero-order valence-electron chi connectivity index (χ0n) is 13.5. The molecule has 0 atom stereocenters. The van der Waals surface area contributed by atoms with Crippen molar-refractivity contribution >= 4 is 17.2 Å². The molecule has 0 spiro atoms. The monoisotopic (exact) mass is 298 g/mol. The van der Waals surface area contributed by atoms with Gasteiger partial charge < -0.3 is 10.6 Å². The Morgan fingerprint density at radius 2 is 2.00 bits per heavy atom. The van der Waals surface area contributed by atoms with Crippen LogP contribution in [0, 0.1) is 0 Å². The van der Waals surface area contributed by atoms with Gasteiger partial charge in [0.2, 0.25) is 5.91 Å². The van der Waals surface area contributed by atoms with Crippen molar-refractivity contribution in [3.63, 3.8) is 0 Å². The molecule has 0 saturated carbocycles. The molecule has 1 aliphatic heterocycles. The molecule has 0 aromatic heterocycles. The van der Waals surface area contributed by atoms with Gasteiger partial charge in [-0.1, -0.05) is 12.1 Å². The zero-order valence-corrected chi connectivity index (χ0v) is 13.5. The number of allylic oxidation sites excluding steroid dienone is 2. The highest BCUT2D eigenvalue weighted by molar-refractivity contribution is 5.76. The van der Waals surface area contributed by atoms with Crippen LogP contribution in [0.3, 0.4) is 0 Å². The van der Waals surface area contributed by atoms with Crippen LogP contribution in [-0.4, -0.2) is 23.9 Å². The van der Waals surface area contributed by atoms with Crippen LogP contribution in [-0.2, 0) is 4.79 Å². The van der Waals surface area contributed by atoms with Gasteiger partial charge in [-0.2, -0.15) is 0 Å². The number of rotatable bonds is 2. The van der Waals surface area contributed by atoms with Crippen LogP contribution in [0.2, 0.25) is 0 Å². The van der Waals surface area contributed by atoms with Crippen molar-refractivity contribution in [2.24, 2.45) is 0 Å². The van der Waals surface area contributed by atoms with Crippen LogP contribution in [0.1, 0.15) is 62.5 Å². The van der Waals surface area contributed by atoms with Crippen LogP contribution in [0.5, 0.6) is 0 Å². The number of nitrogens with two attached hydrogens (primary N) is 1. The van der Waals surface area contributed by atoms with Gasteiger partial charge >= 0.3 is 0 Å². The Bertz CT molecular complexity index is 583.